The molecule has 0 saturated heterocycles. The maximum Gasteiger partial charge on any atom is 0.416 e. The summed E-state index contributed by atoms with van der Waals surface area (Å²) in [5, 5.41) is 12.3. The van der Waals surface area contributed by atoms with Crippen molar-refractivity contribution in [2.75, 3.05) is 5.75 Å². The number of aliphatic hydroxyl groups excluding tert-OH is 1. The van der Waals surface area contributed by atoms with E-state index in [1.807, 2.05) is 0 Å². The van der Waals surface area contributed by atoms with Crippen molar-refractivity contribution in [1.29, 1.82) is 0 Å². The number of carbonyl (C=O) groups is 1. The van der Waals surface area contributed by atoms with Gasteiger partial charge in [-0.2, -0.15) is 13.2 Å². The first-order valence-corrected chi connectivity index (χ1v) is 8.10. The van der Waals surface area contributed by atoms with Crippen LogP contribution < -0.4 is 5.32 Å². The lowest BCUT2D eigenvalue weighted by atomic mass is 9.93. The highest BCUT2D eigenvalue weighted by molar-refractivity contribution is 8.00. The van der Waals surface area contributed by atoms with Gasteiger partial charge in [0.1, 0.15) is 0 Å². The summed E-state index contributed by atoms with van der Waals surface area (Å²) in [6.07, 6.45) is -1.84. The van der Waals surface area contributed by atoms with Crippen LogP contribution in [0.3, 0.4) is 0 Å². The van der Waals surface area contributed by atoms with E-state index in [9.17, 15) is 23.1 Å². The average molecular weight is 333 g/mol. The van der Waals surface area contributed by atoms with Gasteiger partial charge in [0.15, 0.2) is 0 Å². The van der Waals surface area contributed by atoms with Crippen LogP contribution >= 0.6 is 11.8 Å². The Morgan fingerprint density at radius 3 is 2.59 bits per heavy atom. The van der Waals surface area contributed by atoms with Crippen molar-refractivity contribution >= 4 is 17.7 Å². The Bertz CT molecular complexity index is 514. The number of halogens is 3. The van der Waals surface area contributed by atoms with Crippen molar-refractivity contribution in [2.24, 2.45) is 0 Å². The summed E-state index contributed by atoms with van der Waals surface area (Å²) >= 11 is 1.09. The SMILES string of the molecule is O=C(CSc1cccc(C(F)(F)F)c1)NC1CCC(O)CC1. The van der Waals surface area contributed by atoms with E-state index in [-0.39, 0.29) is 23.8 Å². The van der Waals surface area contributed by atoms with Crippen LogP contribution in [0.1, 0.15) is 31.2 Å². The quantitative estimate of drug-likeness (QED) is 0.832. The van der Waals surface area contributed by atoms with E-state index >= 15 is 0 Å². The lowest BCUT2D eigenvalue weighted by Crippen LogP contribution is -2.39. The van der Waals surface area contributed by atoms with Crippen LogP contribution in [-0.2, 0) is 11.0 Å². The minimum Gasteiger partial charge on any atom is -0.393 e. The number of thioether (sulfide) groups is 1. The topological polar surface area (TPSA) is 49.3 Å². The molecule has 2 rings (SSSR count). The second kappa shape index (κ2) is 7.37. The predicted molar refractivity (Wildman–Crippen MR) is 78.6 cm³/mol. The first-order valence-electron chi connectivity index (χ1n) is 7.12. The fraction of sp³-hybridized carbons (Fsp3) is 0.533. The van der Waals surface area contributed by atoms with Gasteiger partial charge in [0, 0.05) is 10.9 Å². The molecule has 0 radical (unpaired) electrons. The van der Waals surface area contributed by atoms with E-state index in [1.165, 1.54) is 6.07 Å². The summed E-state index contributed by atoms with van der Waals surface area (Å²) in [7, 11) is 0. The Morgan fingerprint density at radius 1 is 1.27 bits per heavy atom. The molecule has 1 aliphatic rings. The third kappa shape index (κ3) is 5.21. The minimum atomic E-state index is -4.37. The standard InChI is InChI=1S/C15H18F3NO2S/c16-15(17,18)10-2-1-3-13(8-10)22-9-14(21)19-11-4-6-12(20)7-5-11/h1-3,8,11-12,20H,4-7,9H2,(H,19,21). The second-order valence-corrected chi connectivity index (χ2v) is 6.44. The Morgan fingerprint density at radius 2 is 1.95 bits per heavy atom. The molecular formula is C15H18F3NO2S. The summed E-state index contributed by atoms with van der Waals surface area (Å²) in [6, 6.07) is 5.01. The molecule has 0 unspecified atom stereocenters. The number of hydrogen-bond donors (Lipinski definition) is 2. The molecule has 22 heavy (non-hydrogen) atoms. The number of benzene rings is 1. The van der Waals surface area contributed by atoms with Gasteiger partial charge in [-0.25, -0.2) is 0 Å². The van der Waals surface area contributed by atoms with E-state index < -0.39 is 11.7 Å². The monoisotopic (exact) mass is 333 g/mol. The summed E-state index contributed by atoms with van der Waals surface area (Å²) < 4.78 is 37.8. The number of hydrogen-bond acceptors (Lipinski definition) is 3. The van der Waals surface area contributed by atoms with Gasteiger partial charge in [0.05, 0.1) is 17.4 Å². The Balaban J connectivity index is 1.81. The number of aliphatic hydroxyl groups is 1. The molecule has 0 heterocycles. The zero-order valence-corrected chi connectivity index (χ0v) is 12.7. The van der Waals surface area contributed by atoms with E-state index in [0.717, 1.165) is 36.7 Å². The molecule has 122 valence electrons. The molecule has 1 saturated carbocycles. The molecule has 1 aromatic rings. The number of rotatable bonds is 4. The molecule has 0 spiro atoms. The van der Waals surface area contributed by atoms with Crippen molar-refractivity contribution in [3.05, 3.63) is 29.8 Å². The number of amides is 1. The first-order chi connectivity index (χ1) is 10.3. The van der Waals surface area contributed by atoms with Crippen LogP contribution in [0.5, 0.6) is 0 Å². The molecule has 1 fully saturated rings. The zero-order chi connectivity index (χ0) is 16.2. The summed E-state index contributed by atoms with van der Waals surface area (Å²) in [5.41, 5.74) is -0.709. The van der Waals surface area contributed by atoms with Crippen LogP contribution in [0.4, 0.5) is 13.2 Å². The van der Waals surface area contributed by atoms with Gasteiger partial charge in [-0.1, -0.05) is 6.07 Å². The van der Waals surface area contributed by atoms with Gasteiger partial charge in [-0.05, 0) is 43.9 Å². The predicted octanol–water partition coefficient (Wildman–Crippen LogP) is 3.22. The van der Waals surface area contributed by atoms with Gasteiger partial charge in [-0.3, -0.25) is 4.79 Å². The molecule has 7 heteroatoms. The fourth-order valence-corrected chi connectivity index (χ4v) is 3.17. The fourth-order valence-electron chi connectivity index (χ4n) is 2.40. The van der Waals surface area contributed by atoms with Crippen LogP contribution in [0.25, 0.3) is 0 Å². The maximum atomic E-state index is 12.6. The highest BCUT2D eigenvalue weighted by atomic mass is 32.2. The highest BCUT2D eigenvalue weighted by Gasteiger charge is 2.30. The van der Waals surface area contributed by atoms with Crippen molar-refractivity contribution in [3.63, 3.8) is 0 Å². The molecule has 2 N–H and O–H groups in total. The smallest absolute Gasteiger partial charge is 0.393 e. The molecule has 0 aliphatic heterocycles. The average Bonchev–Trinajstić information content (AvgIpc) is 2.47. The Hall–Kier alpha value is -1.21. The molecular weight excluding hydrogens is 315 g/mol. The second-order valence-electron chi connectivity index (χ2n) is 5.39. The van der Waals surface area contributed by atoms with E-state index in [1.54, 1.807) is 6.07 Å². The first kappa shape index (κ1) is 17.1. The zero-order valence-electron chi connectivity index (χ0n) is 11.9. The lowest BCUT2D eigenvalue weighted by Gasteiger charge is -2.26. The van der Waals surface area contributed by atoms with E-state index in [4.69, 9.17) is 0 Å². The van der Waals surface area contributed by atoms with Gasteiger partial charge in [0.2, 0.25) is 5.91 Å². The molecule has 0 atom stereocenters. The Labute approximate surface area is 131 Å². The van der Waals surface area contributed by atoms with Crippen LogP contribution in [-0.4, -0.2) is 28.9 Å². The van der Waals surface area contributed by atoms with Crippen molar-refractivity contribution < 1.29 is 23.1 Å². The van der Waals surface area contributed by atoms with Crippen molar-refractivity contribution in [2.45, 2.75) is 48.9 Å². The van der Waals surface area contributed by atoms with Crippen LogP contribution in [0, 0.1) is 0 Å². The normalized spacial score (nSPS) is 22.4. The van der Waals surface area contributed by atoms with Gasteiger partial charge >= 0.3 is 6.18 Å². The van der Waals surface area contributed by atoms with E-state index in [2.05, 4.69) is 5.32 Å². The Kier molecular flexibility index (Phi) is 5.74. The molecule has 3 nitrogen and oxygen atoms in total. The molecule has 1 amide bonds. The van der Waals surface area contributed by atoms with Crippen molar-refractivity contribution in [1.82, 2.24) is 5.32 Å². The largest absolute Gasteiger partial charge is 0.416 e. The summed E-state index contributed by atoms with van der Waals surface area (Å²) in [5.74, 6) is -0.107. The van der Waals surface area contributed by atoms with Gasteiger partial charge in [-0.15, -0.1) is 11.8 Å². The molecule has 0 bridgehead atoms. The van der Waals surface area contributed by atoms with Crippen LogP contribution in [0.2, 0.25) is 0 Å². The molecule has 1 aliphatic carbocycles. The lowest BCUT2D eigenvalue weighted by molar-refractivity contribution is -0.137. The summed E-state index contributed by atoms with van der Waals surface area (Å²) in [4.78, 5) is 12.3. The van der Waals surface area contributed by atoms with E-state index in [0.29, 0.717) is 17.7 Å². The number of carbonyl (C=O) groups excluding carboxylic acids is 1. The molecule has 0 aromatic heterocycles. The third-order valence-electron chi connectivity index (χ3n) is 3.59. The summed E-state index contributed by atoms with van der Waals surface area (Å²) in [6.45, 7) is 0. The van der Waals surface area contributed by atoms with Crippen LogP contribution in [0.15, 0.2) is 29.2 Å². The number of nitrogens with one attached hydrogen (secondary N) is 1. The van der Waals surface area contributed by atoms with Gasteiger partial charge in [0.25, 0.3) is 0 Å². The highest BCUT2D eigenvalue weighted by Crippen LogP contribution is 2.31. The third-order valence-corrected chi connectivity index (χ3v) is 4.59. The number of alkyl halides is 3. The van der Waals surface area contributed by atoms with Crippen molar-refractivity contribution in [3.8, 4) is 0 Å². The minimum absolute atomic E-state index is 0.0537. The molecule has 1 aromatic carbocycles. The van der Waals surface area contributed by atoms with Gasteiger partial charge < -0.3 is 10.4 Å². The maximum absolute atomic E-state index is 12.6.